The van der Waals surface area contributed by atoms with Crippen LogP contribution in [-0.4, -0.2) is 7.11 Å². The summed E-state index contributed by atoms with van der Waals surface area (Å²) in [6, 6.07) is 10.2. The maximum absolute atomic E-state index is 13.7. The van der Waals surface area contributed by atoms with Crippen molar-refractivity contribution in [2.75, 3.05) is 18.2 Å². The molecule has 2 aromatic rings. The van der Waals surface area contributed by atoms with Gasteiger partial charge in [0.25, 0.3) is 0 Å². The van der Waals surface area contributed by atoms with Gasteiger partial charge in [-0.15, -0.1) is 0 Å². The Kier molecular flexibility index (Phi) is 3.37. The minimum Gasteiger partial charge on any atom is -0.495 e. The van der Waals surface area contributed by atoms with E-state index in [-0.39, 0.29) is 5.69 Å². The average molecular weight is 246 g/mol. The van der Waals surface area contributed by atoms with Gasteiger partial charge in [-0.05, 0) is 36.8 Å². The van der Waals surface area contributed by atoms with Gasteiger partial charge in [-0.3, -0.25) is 0 Å². The molecule has 0 radical (unpaired) electrons. The second-order valence-electron chi connectivity index (χ2n) is 4.03. The smallest absolute Gasteiger partial charge is 0.148 e. The molecule has 0 aliphatic rings. The third kappa shape index (κ3) is 2.37. The van der Waals surface area contributed by atoms with E-state index in [0.717, 1.165) is 5.56 Å². The van der Waals surface area contributed by atoms with Crippen molar-refractivity contribution in [3.8, 4) is 5.75 Å². The normalized spacial score (nSPS) is 10.2. The largest absolute Gasteiger partial charge is 0.495 e. The highest BCUT2D eigenvalue weighted by Crippen LogP contribution is 2.32. The Bertz CT molecular complexity index is 549. The fourth-order valence-electron chi connectivity index (χ4n) is 1.73. The summed E-state index contributed by atoms with van der Waals surface area (Å²) in [4.78, 5) is 0. The van der Waals surface area contributed by atoms with Gasteiger partial charge in [-0.2, -0.15) is 0 Å². The summed E-state index contributed by atoms with van der Waals surface area (Å²) in [6.07, 6.45) is 0. The first-order chi connectivity index (χ1) is 8.61. The van der Waals surface area contributed by atoms with Crippen molar-refractivity contribution in [3.05, 3.63) is 47.8 Å². The van der Waals surface area contributed by atoms with Gasteiger partial charge in [0.1, 0.15) is 11.6 Å². The van der Waals surface area contributed by atoms with Gasteiger partial charge in [0.15, 0.2) is 0 Å². The zero-order valence-electron chi connectivity index (χ0n) is 10.3. The van der Waals surface area contributed by atoms with E-state index >= 15 is 0 Å². The van der Waals surface area contributed by atoms with Crippen LogP contribution in [0, 0.1) is 12.7 Å². The van der Waals surface area contributed by atoms with Crippen molar-refractivity contribution in [1.82, 2.24) is 0 Å². The van der Waals surface area contributed by atoms with Crippen LogP contribution < -0.4 is 15.8 Å². The molecule has 0 bridgehead atoms. The van der Waals surface area contributed by atoms with Gasteiger partial charge in [-0.25, -0.2) is 4.39 Å². The van der Waals surface area contributed by atoms with Gasteiger partial charge in [-0.1, -0.05) is 12.1 Å². The van der Waals surface area contributed by atoms with E-state index in [1.54, 1.807) is 19.2 Å². The first-order valence-corrected chi connectivity index (χ1v) is 5.57. The Labute approximate surface area is 105 Å². The third-order valence-electron chi connectivity index (χ3n) is 2.66. The summed E-state index contributed by atoms with van der Waals surface area (Å²) < 4.78 is 18.9. The summed E-state index contributed by atoms with van der Waals surface area (Å²) in [7, 11) is 1.57. The molecule has 3 N–H and O–H groups in total. The van der Waals surface area contributed by atoms with Crippen molar-refractivity contribution in [2.24, 2.45) is 0 Å². The Morgan fingerprint density at radius 2 is 2.00 bits per heavy atom. The summed E-state index contributed by atoms with van der Waals surface area (Å²) in [6.45, 7) is 1.95. The minimum absolute atomic E-state index is 0.265. The maximum Gasteiger partial charge on any atom is 0.148 e. The molecule has 0 fully saturated rings. The number of para-hydroxylation sites is 1. The molecule has 0 unspecified atom stereocenters. The maximum atomic E-state index is 13.7. The van der Waals surface area contributed by atoms with Crippen molar-refractivity contribution < 1.29 is 9.13 Å². The Hall–Kier alpha value is -2.23. The summed E-state index contributed by atoms with van der Waals surface area (Å²) in [5.41, 5.74) is 8.12. The Morgan fingerprint density at radius 3 is 2.67 bits per heavy atom. The number of hydrogen-bond acceptors (Lipinski definition) is 3. The van der Waals surface area contributed by atoms with Gasteiger partial charge in [0, 0.05) is 0 Å². The number of ether oxygens (including phenoxy) is 1. The number of aryl methyl sites for hydroxylation is 1. The van der Waals surface area contributed by atoms with E-state index in [9.17, 15) is 4.39 Å². The quantitative estimate of drug-likeness (QED) is 0.815. The molecule has 2 rings (SSSR count). The van der Waals surface area contributed by atoms with E-state index in [2.05, 4.69) is 5.32 Å². The molecule has 0 heterocycles. The zero-order valence-corrected chi connectivity index (χ0v) is 10.3. The molecule has 0 atom stereocenters. The van der Waals surface area contributed by atoms with E-state index in [0.29, 0.717) is 17.1 Å². The van der Waals surface area contributed by atoms with Gasteiger partial charge in [0.2, 0.25) is 0 Å². The molecule has 0 saturated heterocycles. The molecule has 0 aliphatic heterocycles. The lowest BCUT2D eigenvalue weighted by molar-refractivity contribution is 0.416. The van der Waals surface area contributed by atoms with Crippen LogP contribution in [0.15, 0.2) is 36.4 Å². The van der Waals surface area contributed by atoms with E-state index in [4.69, 9.17) is 10.5 Å². The van der Waals surface area contributed by atoms with Crippen molar-refractivity contribution in [2.45, 2.75) is 6.92 Å². The number of anilines is 3. The van der Waals surface area contributed by atoms with Crippen LogP contribution in [0.5, 0.6) is 5.75 Å². The van der Waals surface area contributed by atoms with E-state index in [1.807, 2.05) is 25.1 Å². The first kappa shape index (κ1) is 12.2. The van der Waals surface area contributed by atoms with Crippen LogP contribution in [0.25, 0.3) is 0 Å². The molecule has 4 heteroatoms. The molecule has 0 saturated carbocycles. The fourth-order valence-corrected chi connectivity index (χ4v) is 1.73. The number of rotatable bonds is 3. The monoisotopic (exact) mass is 246 g/mol. The molecule has 0 spiro atoms. The average Bonchev–Trinajstić information content (AvgIpc) is 2.34. The predicted molar refractivity (Wildman–Crippen MR) is 71.8 cm³/mol. The van der Waals surface area contributed by atoms with Gasteiger partial charge < -0.3 is 15.8 Å². The van der Waals surface area contributed by atoms with Crippen LogP contribution in [-0.2, 0) is 0 Å². The molecular formula is C14H15FN2O. The number of methoxy groups -OCH3 is 1. The van der Waals surface area contributed by atoms with E-state index < -0.39 is 5.82 Å². The third-order valence-corrected chi connectivity index (χ3v) is 2.66. The molecule has 0 aromatic heterocycles. The van der Waals surface area contributed by atoms with Crippen LogP contribution >= 0.6 is 0 Å². The zero-order chi connectivity index (χ0) is 13.1. The molecule has 94 valence electrons. The summed E-state index contributed by atoms with van der Waals surface area (Å²) in [5, 5.41) is 2.98. The molecule has 3 nitrogen and oxygen atoms in total. The molecule has 0 amide bonds. The number of hydrogen-bond donors (Lipinski definition) is 2. The topological polar surface area (TPSA) is 47.3 Å². The minimum atomic E-state index is -0.390. The molecule has 2 aromatic carbocycles. The van der Waals surface area contributed by atoms with Gasteiger partial charge >= 0.3 is 0 Å². The highest BCUT2D eigenvalue weighted by Gasteiger charge is 2.09. The summed E-state index contributed by atoms with van der Waals surface area (Å²) >= 11 is 0. The second-order valence-corrected chi connectivity index (χ2v) is 4.03. The molecular weight excluding hydrogens is 231 g/mol. The van der Waals surface area contributed by atoms with E-state index in [1.165, 1.54) is 6.07 Å². The van der Waals surface area contributed by atoms with Crippen LogP contribution in [0.2, 0.25) is 0 Å². The van der Waals surface area contributed by atoms with Gasteiger partial charge in [0.05, 0.1) is 24.2 Å². The summed E-state index contributed by atoms with van der Waals surface area (Å²) in [5.74, 6) is 0.252. The number of benzene rings is 2. The van der Waals surface area contributed by atoms with Crippen LogP contribution in [0.4, 0.5) is 21.5 Å². The molecule has 18 heavy (non-hydrogen) atoms. The Morgan fingerprint density at radius 1 is 1.22 bits per heavy atom. The number of nitrogen functional groups attached to an aromatic ring is 1. The number of nitrogens with one attached hydrogen (secondary N) is 1. The Balaban J connectivity index is 2.42. The first-order valence-electron chi connectivity index (χ1n) is 5.57. The lowest BCUT2D eigenvalue weighted by Gasteiger charge is -2.14. The highest BCUT2D eigenvalue weighted by molar-refractivity contribution is 5.76. The van der Waals surface area contributed by atoms with Crippen molar-refractivity contribution in [1.29, 1.82) is 0 Å². The fraction of sp³-hybridized carbons (Fsp3) is 0.143. The van der Waals surface area contributed by atoms with Crippen molar-refractivity contribution >= 4 is 17.1 Å². The SMILES string of the molecule is COc1ccc(C)cc1Nc1c(N)cccc1F. The second kappa shape index (κ2) is 4.96. The number of halogens is 1. The number of nitrogens with two attached hydrogens (primary N) is 1. The van der Waals surface area contributed by atoms with Crippen LogP contribution in [0.1, 0.15) is 5.56 Å². The standard InChI is InChI=1S/C14H15FN2O/c1-9-6-7-13(18-2)12(8-9)17-14-10(15)4-3-5-11(14)16/h3-8,17H,16H2,1-2H3. The predicted octanol–water partition coefficient (Wildman–Crippen LogP) is 3.47. The van der Waals surface area contributed by atoms with Crippen molar-refractivity contribution in [3.63, 3.8) is 0 Å². The lowest BCUT2D eigenvalue weighted by Crippen LogP contribution is -2.01. The lowest BCUT2D eigenvalue weighted by atomic mass is 10.2. The van der Waals surface area contributed by atoms with Crippen LogP contribution in [0.3, 0.4) is 0 Å². The molecule has 0 aliphatic carbocycles. The highest BCUT2D eigenvalue weighted by atomic mass is 19.1.